The lowest BCUT2D eigenvalue weighted by Gasteiger charge is -2.35. The van der Waals surface area contributed by atoms with Crippen LogP contribution >= 0.6 is 0 Å². The van der Waals surface area contributed by atoms with Crippen LogP contribution in [0.1, 0.15) is 12.5 Å². The number of hydrogen-bond acceptors (Lipinski definition) is 4. The minimum absolute atomic E-state index is 0.0337. The minimum Gasteiger partial charge on any atom is -0.373 e. The third-order valence-electron chi connectivity index (χ3n) is 4.72. The van der Waals surface area contributed by atoms with Crippen LogP contribution in [-0.4, -0.2) is 71.4 Å². The zero-order valence-electron chi connectivity index (χ0n) is 13.7. The van der Waals surface area contributed by atoms with Gasteiger partial charge < -0.3 is 14.5 Å². The van der Waals surface area contributed by atoms with Gasteiger partial charge in [0.25, 0.3) is 0 Å². The molecule has 0 bridgehead atoms. The molecule has 6 nitrogen and oxygen atoms in total. The first-order valence-electron chi connectivity index (χ1n) is 8.11. The number of amides is 1. The lowest BCUT2D eigenvalue weighted by atomic mass is 9.96. The molecule has 1 amide bonds. The second kappa shape index (κ2) is 6.38. The van der Waals surface area contributed by atoms with Gasteiger partial charge in [0.2, 0.25) is 5.91 Å². The van der Waals surface area contributed by atoms with Crippen molar-refractivity contribution < 1.29 is 9.53 Å². The fourth-order valence-electron chi connectivity index (χ4n) is 3.57. The summed E-state index contributed by atoms with van der Waals surface area (Å²) in [6, 6.07) is 0. The molecule has 2 saturated heterocycles. The zero-order chi connectivity index (χ0) is 15.7. The van der Waals surface area contributed by atoms with E-state index in [1.165, 1.54) is 0 Å². The second-order valence-electron chi connectivity index (χ2n) is 6.82. The molecule has 0 spiro atoms. The van der Waals surface area contributed by atoms with E-state index in [-0.39, 0.29) is 12.0 Å². The van der Waals surface area contributed by atoms with Crippen molar-refractivity contribution in [2.75, 3.05) is 39.8 Å². The molecule has 3 unspecified atom stereocenters. The molecule has 2 fully saturated rings. The van der Waals surface area contributed by atoms with Gasteiger partial charge in [-0.1, -0.05) is 6.92 Å². The standard InChI is InChI=1S/C16H26N4O2/c1-12-6-17-20(7-12)10-14-9-19(4-5-22-14)16(21)15-11-18(3)8-13(15)2/h6-7,13-15H,4-5,8-11H2,1-3H3. The van der Waals surface area contributed by atoms with E-state index in [0.717, 1.165) is 18.7 Å². The highest BCUT2D eigenvalue weighted by molar-refractivity contribution is 5.79. The van der Waals surface area contributed by atoms with Crippen LogP contribution in [0.2, 0.25) is 0 Å². The van der Waals surface area contributed by atoms with Gasteiger partial charge in [-0.2, -0.15) is 5.10 Å². The fourth-order valence-corrected chi connectivity index (χ4v) is 3.57. The van der Waals surface area contributed by atoms with Crippen molar-refractivity contribution >= 4 is 5.91 Å². The van der Waals surface area contributed by atoms with Gasteiger partial charge in [0.1, 0.15) is 0 Å². The highest BCUT2D eigenvalue weighted by Crippen LogP contribution is 2.24. The Labute approximate surface area is 132 Å². The van der Waals surface area contributed by atoms with Crippen LogP contribution in [0.25, 0.3) is 0 Å². The van der Waals surface area contributed by atoms with Crippen molar-refractivity contribution in [1.82, 2.24) is 19.6 Å². The van der Waals surface area contributed by atoms with Crippen LogP contribution in [0.5, 0.6) is 0 Å². The van der Waals surface area contributed by atoms with Crippen LogP contribution in [0.4, 0.5) is 0 Å². The van der Waals surface area contributed by atoms with Crippen LogP contribution < -0.4 is 0 Å². The Balaban J connectivity index is 1.59. The van der Waals surface area contributed by atoms with E-state index < -0.39 is 0 Å². The molecule has 2 aliphatic heterocycles. The van der Waals surface area contributed by atoms with Crippen molar-refractivity contribution in [2.24, 2.45) is 11.8 Å². The molecule has 0 aromatic carbocycles. The maximum Gasteiger partial charge on any atom is 0.227 e. The number of ether oxygens (including phenoxy) is 1. The first kappa shape index (κ1) is 15.5. The molecule has 122 valence electrons. The molecule has 0 aliphatic carbocycles. The van der Waals surface area contributed by atoms with Gasteiger partial charge in [-0.3, -0.25) is 9.48 Å². The molecule has 3 heterocycles. The Morgan fingerprint density at radius 3 is 2.86 bits per heavy atom. The van der Waals surface area contributed by atoms with Crippen LogP contribution in [0.15, 0.2) is 12.4 Å². The number of carbonyl (C=O) groups is 1. The van der Waals surface area contributed by atoms with Gasteiger partial charge in [0.15, 0.2) is 0 Å². The molecule has 0 saturated carbocycles. The summed E-state index contributed by atoms with van der Waals surface area (Å²) < 4.78 is 7.72. The lowest BCUT2D eigenvalue weighted by Crippen LogP contribution is -2.50. The summed E-state index contributed by atoms with van der Waals surface area (Å²) in [5.74, 6) is 0.866. The van der Waals surface area contributed by atoms with Crippen LogP contribution in [0.3, 0.4) is 0 Å². The van der Waals surface area contributed by atoms with Crippen molar-refractivity contribution in [3.8, 4) is 0 Å². The number of aryl methyl sites for hydroxylation is 1. The molecule has 1 aromatic heterocycles. The Bertz CT molecular complexity index is 530. The minimum atomic E-state index is 0.0337. The molecule has 0 N–H and O–H groups in total. The molecule has 3 atom stereocenters. The molecule has 2 aliphatic rings. The summed E-state index contributed by atoms with van der Waals surface area (Å²) in [5, 5.41) is 4.31. The highest BCUT2D eigenvalue weighted by Gasteiger charge is 2.37. The number of carbonyl (C=O) groups excluding carboxylic acids is 1. The van der Waals surface area contributed by atoms with E-state index in [2.05, 4.69) is 24.0 Å². The molecule has 22 heavy (non-hydrogen) atoms. The predicted molar refractivity (Wildman–Crippen MR) is 83.4 cm³/mol. The summed E-state index contributed by atoms with van der Waals surface area (Å²) in [5.41, 5.74) is 1.14. The third-order valence-corrected chi connectivity index (χ3v) is 4.72. The average molecular weight is 306 g/mol. The summed E-state index contributed by atoms with van der Waals surface area (Å²) in [6.45, 7) is 8.79. The first-order valence-corrected chi connectivity index (χ1v) is 8.11. The van der Waals surface area contributed by atoms with E-state index in [1.54, 1.807) is 0 Å². The van der Waals surface area contributed by atoms with Gasteiger partial charge in [-0.15, -0.1) is 0 Å². The first-order chi connectivity index (χ1) is 10.5. The topological polar surface area (TPSA) is 50.6 Å². The van der Waals surface area contributed by atoms with Crippen LogP contribution in [0, 0.1) is 18.8 Å². The Morgan fingerprint density at radius 1 is 1.41 bits per heavy atom. The normalized spacial score (nSPS) is 30.0. The number of morpholine rings is 1. The van der Waals surface area contributed by atoms with Crippen LogP contribution in [-0.2, 0) is 16.1 Å². The smallest absolute Gasteiger partial charge is 0.227 e. The summed E-state index contributed by atoms with van der Waals surface area (Å²) in [6.07, 6.45) is 3.89. The third kappa shape index (κ3) is 3.33. The summed E-state index contributed by atoms with van der Waals surface area (Å²) in [4.78, 5) is 17.0. The SMILES string of the molecule is Cc1cnn(CC2CN(C(=O)C3CN(C)CC3C)CCO2)c1. The zero-order valence-corrected chi connectivity index (χ0v) is 13.7. The van der Waals surface area contributed by atoms with E-state index >= 15 is 0 Å². The number of hydrogen-bond donors (Lipinski definition) is 0. The Morgan fingerprint density at radius 2 is 2.23 bits per heavy atom. The largest absolute Gasteiger partial charge is 0.373 e. The van der Waals surface area contributed by atoms with Gasteiger partial charge in [-0.05, 0) is 25.5 Å². The molecule has 6 heteroatoms. The molecule has 3 rings (SSSR count). The average Bonchev–Trinajstić information content (AvgIpc) is 3.04. The maximum atomic E-state index is 12.8. The van der Waals surface area contributed by atoms with Gasteiger partial charge in [0.05, 0.1) is 31.4 Å². The number of rotatable bonds is 3. The van der Waals surface area contributed by atoms with Crippen molar-refractivity contribution in [3.63, 3.8) is 0 Å². The predicted octanol–water partition coefficient (Wildman–Crippen LogP) is 0.617. The molecule has 1 aromatic rings. The van der Waals surface area contributed by atoms with Crippen molar-refractivity contribution in [3.05, 3.63) is 18.0 Å². The summed E-state index contributed by atoms with van der Waals surface area (Å²) in [7, 11) is 2.09. The van der Waals surface area contributed by atoms with Gasteiger partial charge >= 0.3 is 0 Å². The second-order valence-corrected chi connectivity index (χ2v) is 6.82. The van der Waals surface area contributed by atoms with E-state index in [1.807, 2.05) is 28.9 Å². The maximum absolute atomic E-state index is 12.8. The van der Waals surface area contributed by atoms with Gasteiger partial charge in [-0.25, -0.2) is 0 Å². The number of aromatic nitrogens is 2. The molecular weight excluding hydrogens is 280 g/mol. The quantitative estimate of drug-likeness (QED) is 0.821. The highest BCUT2D eigenvalue weighted by atomic mass is 16.5. The van der Waals surface area contributed by atoms with Crippen molar-refractivity contribution in [2.45, 2.75) is 26.5 Å². The van der Waals surface area contributed by atoms with Gasteiger partial charge in [0, 0.05) is 32.4 Å². The van der Waals surface area contributed by atoms with Crippen molar-refractivity contribution in [1.29, 1.82) is 0 Å². The van der Waals surface area contributed by atoms with E-state index in [4.69, 9.17) is 4.74 Å². The number of likely N-dealkylation sites (tertiary alicyclic amines) is 1. The Hall–Kier alpha value is -1.40. The fraction of sp³-hybridized carbons (Fsp3) is 0.750. The lowest BCUT2D eigenvalue weighted by molar-refractivity contribution is -0.144. The Kier molecular flexibility index (Phi) is 4.49. The monoisotopic (exact) mass is 306 g/mol. The molecular formula is C16H26N4O2. The van der Waals surface area contributed by atoms with E-state index in [9.17, 15) is 4.79 Å². The molecule has 0 radical (unpaired) electrons. The van der Waals surface area contributed by atoms with E-state index in [0.29, 0.717) is 38.1 Å². The summed E-state index contributed by atoms with van der Waals surface area (Å²) >= 11 is 0. The number of nitrogens with zero attached hydrogens (tertiary/aromatic N) is 4.